The molecular formula is C14H13IO. The highest BCUT2D eigenvalue weighted by Crippen LogP contribution is 2.21. The van der Waals surface area contributed by atoms with Gasteiger partial charge in [0.25, 0.3) is 0 Å². The van der Waals surface area contributed by atoms with E-state index in [4.69, 9.17) is 4.74 Å². The Morgan fingerprint density at radius 2 is 1.44 bits per heavy atom. The number of rotatable bonds is 4. The summed E-state index contributed by atoms with van der Waals surface area (Å²) >= 11 is 2.39. The molecule has 82 valence electrons. The van der Waals surface area contributed by atoms with Crippen LogP contribution in [0.2, 0.25) is 0 Å². The molecular weight excluding hydrogens is 311 g/mol. The van der Waals surface area contributed by atoms with Crippen LogP contribution in [0.25, 0.3) is 0 Å². The van der Waals surface area contributed by atoms with E-state index >= 15 is 0 Å². The summed E-state index contributed by atoms with van der Waals surface area (Å²) in [5.41, 5.74) is 1.36. The van der Waals surface area contributed by atoms with Crippen LogP contribution in [0.4, 0.5) is 0 Å². The second-order valence-corrected chi connectivity index (χ2v) is 4.58. The minimum atomic E-state index is 0.879. The fraction of sp³-hybridized carbons (Fsp3) is 0.143. The smallest absolute Gasteiger partial charge is 0.127 e. The first kappa shape index (κ1) is 11.5. The summed E-state index contributed by atoms with van der Waals surface area (Å²) in [6.07, 6.45) is 1.12. The maximum atomic E-state index is 5.71. The average Bonchev–Trinajstić information content (AvgIpc) is 2.33. The normalized spacial score (nSPS) is 10.1. The zero-order valence-electron chi connectivity index (χ0n) is 8.90. The highest BCUT2D eigenvalue weighted by atomic mass is 127. The first-order valence-electron chi connectivity index (χ1n) is 5.26. The van der Waals surface area contributed by atoms with Crippen LogP contribution < -0.4 is 4.74 Å². The van der Waals surface area contributed by atoms with E-state index in [9.17, 15) is 0 Å². The number of benzene rings is 2. The van der Waals surface area contributed by atoms with Gasteiger partial charge in [-0.05, 0) is 36.2 Å². The van der Waals surface area contributed by atoms with E-state index in [-0.39, 0.29) is 0 Å². The Morgan fingerprint density at radius 3 is 2.06 bits per heavy atom. The van der Waals surface area contributed by atoms with Crippen molar-refractivity contribution < 1.29 is 4.74 Å². The summed E-state index contributed by atoms with van der Waals surface area (Å²) in [5, 5.41) is 0. The Labute approximate surface area is 110 Å². The van der Waals surface area contributed by atoms with Crippen LogP contribution in [-0.2, 0) is 6.42 Å². The lowest BCUT2D eigenvalue weighted by Crippen LogP contribution is -1.87. The first-order chi connectivity index (χ1) is 7.88. The van der Waals surface area contributed by atoms with Crippen LogP contribution in [0.1, 0.15) is 5.56 Å². The molecule has 0 saturated carbocycles. The quantitative estimate of drug-likeness (QED) is 0.596. The molecule has 0 radical (unpaired) electrons. The summed E-state index contributed by atoms with van der Waals surface area (Å²) < 4.78 is 6.86. The number of alkyl halides is 1. The van der Waals surface area contributed by atoms with Crippen molar-refractivity contribution in [3.05, 3.63) is 60.2 Å². The molecule has 0 spiro atoms. The van der Waals surface area contributed by atoms with Gasteiger partial charge in [-0.2, -0.15) is 0 Å². The second kappa shape index (κ2) is 5.89. The molecule has 0 unspecified atom stereocenters. The van der Waals surface area contributed by atoms with Crippen molar-refractivity contribution in [3.63, 3.8) is 0 Å². The molecule has 0 amide bonds. The van der Waals surface area contributed by atoms with Crippen molar-refractivity contribution in [3.8, 4) is 11.5 Å². The molecule has 0 aliphatic carbocycles. The summed E-state index contributed by atoms with van der Waals surface area (Å²) in [6, 6.07) is 18.1. The van der Waals surface area contributed by atoms with Crippen LogP contribution in [0.5, 0.6) is 11.5 Å². The summed E-state index contributed by atoms with van der Waals surface area (Å²) in [5.74, 6) is 1.77. The summed E-state index contributed by atoms with van der Waals surface area (Å²) in [6.45, 7) is 0. The first-order valence-corrected chi connectivity index (χ1v) is 6.79. The lowest BCUT2D eigenvalue weighted by molar-refractivity contribution is 0.482. The number of hydrogen-bond donors (Lipinski definition) is 0. The minimum absolute atomic E-state index is 0.879. The lowest BCUT2D eigenvalue weighted by atomic mass is 10.2. The maximum absolute atomic E-state index is 5.71. The van der Waals surface area contributed by atoms with Gasteiger partial charge in [0.15, 0.2) is 0 Å². The molecule has 0 aromatic heterocycles. The minimum Gasteiger partial charge on any atom is -0.457 e. The third-order valence-electron chi connectivity index (χ3n) is 2.29. The molecule has 2 heteroatoms. The molecule has 0 heterocycles. The standard InChI is InChI=1S/C14H13IO/c15-11-10-12-6-8-14(9-7-12)16-13-4-2-1-3-5-13/h1-9H,10-11H2. The van der Waals surface area contributed by atoms with E-state index in [0.717, 1.165) is 22.3 Å². The monoisotopic (exact) mass is 324 g/mol. The molecule has 2 rings (SSSR count). The van der Waals surface area contributed by atoms with Gasteiger partial charge in [0.2, 0.25) is 0 Å². The van der Waals surface area contributed by atoms with E-state index in [1.165, 1.54) is 5.56 Å². The Balaban J connectivity index is 2.05. The number of aryl methyl sites for hydroxylation is 1. The Morgan fingerprint density at radius 1 is 0.812 bits per heavy atom. The lowest BCUT2D eigenvalue weighted by Gasteiger charge is -2.05. The fourth-order valence-corrected chi connectivity index (χ4v) is 2.08. The van der Waals surface area contributed by atoms with E-state index < -0.39 is 0 Å². The highest BCUT2D eigenvalue weighted by Gasteiger charge is 1.96. The SMILES string of the molecule is ICCc1ccc(Oc2ccccc2)cc1. The van der Waals surface area contributed by atoms with E-state index in [1.807, 2.05) is 42.5 Å². The molecule has 0 aliphatic heterocycles. The topological polar surface area (TPSA) is 9.23 Å². The molecule has 0 saturated heterocycles. The average molecular weight is 324 g/mol. The van der Waals surface area contributed by atoms with E-state index in [1.54, 1.807) is 0 Å². The van der Waals surface area contributed by atoms with Crippen LogP contribution in [0, 0.1) is 0 Å². The van der Waals surface area contributed by atoms with Crippen LogP contribution in [0.3, 0.4) is 0 Å². The third kappa shape index (κ3) is 3.23. The van der Waals surface area contributed by atoms with Crippen LogP contribution in [-0.4, -0.2) is 4.43 Å². The van der Waals surface area contributed by atoms with Crippen molar-refractivity contribution >= 4 is 22.6 Å². The molecule has 0 N–H and O–H groups in total. The van der Waals surface area contributed by atoms with Crippen LogP contribution in [0.15, 0.2) is 54.6 Å². The van der Waals surface area contributed by atoms with Crippen molar-refractivity contribution in [2.45, 2.75) is 6.42 Å². The highest BCUT2D eigenvalue weighted by molar-refractivity contribution is 14.1. The van der Waals surface area contributed by atoms with E-state index in [2.05, 4.69) is 34.7 Å². The molecule has 0 atom stereocenters. The van der Waals surface area contributed by atoms with Crippen molar-refractivity contribution in [2.24, 2.45) is 0 Å². The van der Waals surface area contributed by atoms with Crippen molar-refractivity contribution in [1.29, 1.82) is 0 Å². The van der Waals surface area contributed by atoms with Gasteiger partial charge < -0.3 is 4.74 Å². The molecule has 0 fully saturated rings. The van der Waals surface area contributed by atoms with Gasteiger partial charge in [-0.1, -0.05) is 52.9 Å². The molecule has 0 bridgehead atoms. The van der Waals surface area contributed by atoms with Crippen molar-refractivity contribution in [2.75, 3.05) is 4.43 Å². The molecule has 1 nitrogen and oxygen atoms in total. The Bertz CT molecular complexity index is 422. The number of ether oxygens (including phenoxy) is 1. The fourth-order valence-electron chi connectivity index (χ4n) is 1.46. The zero-order chi connectivity index (χ0) is 11.2. The van der Waals surface area contributed by atoms with Crippen LogP contribution >= 0.6 is 22.6 Å². The van der Waals surface area contributed by atoms with Gasteiger partial charge >= 0.3 is 0 Å². The van der Waals surface area contributed by atoms with Gasteiger partial charge in [-0.15, -0.1) is 0 Å². The Kier molecular flexibility index (Phi) is 4.22. The van der Waals surface area contributed by atoms with Gasteiger partial charge in [-0.3, -0.25) is 0 Å². The maximum Gasteiger partial charge on any atom is 0.127 e. The molecule has 2 aromatic rings. The number of para-hydroxylation sites is 1. The molecule has 0 aliphatic rings. The van der Waals surface area contributed by atoms with Gasteiger partial charge in [0.05, 0.1) is 0 Å². The number of hydrogen-bond acceptors (Lipinski definition) is 1. The molecule has 16 heavy (non-hydrogen) atoms. The van der Waals surface area contributed by atoms with Gasteiger partial charge in [0, 0.05) is 4.43 Å². The predicted octanol–water partition coefficient (Wildman–Crippen LogP) is 4.46. The summed E-state index contributed by atoms with van der Waals surface area (Å²) in [4.78, 5) is 0. The predicted molar refractivity (Wildman–Crippen MR) is 75.5 cm³/mol. The largest absolute Gasteiger partial charge is 0.457 e. The van der Waals surface area contributed by atoms with Gasteiger partial charge in [-0.25, -0.2) is 0 Å². The third-order valence-corrected chi connectivity index (χ3v) is 2.82. The zero-order valence-corrected chi connectivity index (χ0v) is 11.1. The van der Waals surface area contributed by atoms with E-state index in [0.29, 0.717) is 0 Å². The van der Waals surface area contributed by atoms with Gasteiger partial charge in [0.1, 0.15) is 11.5 Å². The van der Waals surface area contributed by atoms with Crippen molar-refractivity contribution in [1.82, 2.24) is 0 Å². The second-order valence-electron chi connectivity index (χ2n) is 3.50. The number of halogens is 1. The summed E-state index contributed by atoms with van der Waals surface area (Å²) in [7, 11) is 0. The Hall–Kier alpha value is -1.03. The molecule has 2 aromatic carbocycles.